The molecule has 3 unspecified atom stereocenters. The van der Waals surface area contributed by atoms with Gasteiger partial charge in [-0.15, -0.1) is 0 Å². The van der Waals surface area contributed by atoms with Crippen molar-refractivity contribution in [2.24, 2.45) is 11.8 Å². The Morgan fingerprint density at radius 2 is 2.08 bits per heavy atom. The van der Waals surface area contributed by atoms with Crippen LogP contribution in [0.3, 0.4) is 0 Å². The quantitative estimate of drug-likeness (QED) is 0.594. The second-order valence-corrected chi connectivity index (χ2v) is 4.04. The van der Waals surface area contributed by atoms with Crippen LogP contribution >= 0.6 is 0 Å². The predicted octanol–water partition coefficient (Wildman–Crippen LogP) is 1.88. The van der Waals surface area contributed by atoms with Crippen molar-refractivity contribution in [3.05, 3.63) is 0 Å². The Morgan fingerprint density at radius 3 is 2.58 bits per heavy atom. The molecule has 0 aromatic carbocycles. The minimum absolute atomic E-state index is 0.0972. The van der Waals surface area contributed by atoms with E-state index in [1.54, 1.807) is 0 Å². The number of rotatable bonds is 1. The largest absolute Gasteiger partial charge is 0.288 e. The van der Waals surface area contributed by atoms with Gasteiger partial charge in [-0.3, -0.25) is 4.90 Å². The third-order valence-corrected chi connectivity index (χ3v) is 3.10. The molecule has 0 spiro atoms. The van der Waals surface area contributed by atoms with Gasteiger partial charge in [0.15, 0.2) is 0 Å². The number of piperidine rings is 1. The summed E-state index contributed by atoms with van der Waals surface area (Å²) in [5, 5.41) is 8.75. The normalized spacial score (nSPS) is 34.2. The van der Waals surface area contributed by atoms with Gasteiger partial charge in [0, 0.05) is 6.54 Å². The van der Waals surface area contributed by atoms with E-state index in [4.69, 9.17) is 5.26 Å². The molecule has 0 aromatic heterocycles. The molecule has 0 aliphatic carbocycles. The van der Waals surface area contributed by atoms with E-state index in [-0.39, 0.29) is 6.04 Å². The average Bonchev–Trinajstić information content (AvgIpc) is 2.08. The molecule has 1 rings (SSSR count). The molecule has 1 saturated heterocycles. The lowest BCUT2D eigenvalue weighted by atomic mass is 9.88. The molecule has 2 heteroatoms. The van der Waals surface area contributed by atoms with E-state index in [1.165, 1.54) is 6.42 Å². The molecule has 1 aliphatic heterocycles. The van der Waals surface area contributed by atoms with E-state index in [9.17, 15) is 0 Å². The first-order valence-corrected chi connectivity index (χ1v) is 4.78. The third kappa shape index (κ3) is 1.98. The number of nitrogens with zero attached hydrogens (tertiary/aromatic N) is 2. The predicted molar refractivity (Wildman–Crippen MR) is 49.6 cm³/mol. The smallest absolute Gasteiger partial charge is 0.0949 e. The van der Waals surface area contributed by atoms with Gasteiger partial charge in [0.2, 0.25) is 0 Å². The topological polar surface area (TPSA) is 27.0 Å². The van der Waals surface area contributed by atoms with Crippen molar-refractivity contribution in [3.63, 3.8) is 0 Å². The van der Waals surface area contributed by atoms with Crippen LogP contribution in [0.25, 0.3) is 0 Å². The van der Waals surface area contributed by atoms with Gasteiger partial charge >= 0.3 is 0 Å². The summed E-state index contributed by atoms with van der Waals surface area (Å²) in [6.45, 7) is 8.76. The summed E-state index contributed by atoms with van der Waals surface area (Å²) < 4.78 is 0. The molecule has 0 radical (unpaired) electrons. The lowest BCUT2D eigenvalue weighted by Gasteiger charge is -2.36. The van der Waals surface area contributed by atoms with Gasteiger partial charge in [-0.2, -0.15) is 5.26 Å². The van der Waals surface area contributed by atoms with Gasteiger partial charge in [-0.05, 0) is 31.7 Å². The summed E-state index contributed by atoms with van der Waals surface area (Å²) in [4.78, 5) is 2.28. The number of nitriles is 1. The lowest BCUT2D eigenvalue weighted by Crippen LogP contribution is -2.42. The molecule has 0 N–H and O–H groups in total. The molecule has 1 aliphatic rings. The van der Waals surface area contributed by atoms with Crippen LogP contribution in [0.15, 0.2) is 0 Å². The van der Waals surface area contributed by atoms with Gasteiger partial charge in [0.1, 0.15) is 0 Å². The third-order valence-electron chi connectivity index (χ3n) is 3.10. The van der Waals surface area contributed by atoms with E-state index >= 15 is 0 Å². The fraction of sp³-hybridized carbons (Fsp3) is 0.900. The summed E-state index contributed by atoms with van der Waals surface area (Å²) in [5.74, 6) is 1.57. The minimum Gasteiger partial charge on any atom is -0.288 e. The Balaban J connectivity index is 2.46. The summed E-state index contributed by atoms with van der Waals surface area (Å²) in [5.41, 5.74) is 0. The molecule has 0 saturated carbocycles. The van der Waals surface area contributed by atoms with Crippen LogP contribution in [0, 0.1) is 23.2 Å². The zero-order valence-electron chi connectivity index (χ0n) is 8.25. The highest BCUT2D eigenvalue weighted by atomic mass is 15.2. The van der Waals surface area contributed by atoms with Crippen molar-refractivity contribution in [3.8, 4) is 6.07 Å². The number of hydrogen-bond donors (Lipinski definition) is 0. The van der Waals surface area contributed by atoms with Gasteiger partial charge in [0.25, 0.3) is 0 Å². The van der Waals surface area contributed by atoms with Gasteiger partial charge in [-0.25, -0.2) is 0 Å². The van der Waals surface area contributed by atoms with Crippen molar-refractivity contribution in [2.45, 2.75) is 33.2 Å². The molecule has 3 atom stereocenters. The molecule has 0 amide bonds. The van der Waals surface area contributed by atoms with E-state index in [0.717, 1.165) is 24.9 Å². The second kappa shape index (κ2) is 3.91. The molecular weight excluding hydrogens is 148 g/mol. The second-order valence-electron chi connectivity index (χ2n) is 4.04. The fourth-order valence-corrected chi connectivity index (χ4v) is 1.73. The highest BCUT2D eigenvalue weighted by molar-refractivity contribution is 4.90. The molecule has 68 valence electrons. The maximum Gasteiger partial charge on any atom is 0.0949 e. The zero-order chi connectivity index (χ0) is 9.14. The lowest BCUT2D eigenvalue weighted by molar-refractivity contribution is 0.123. The van der Waals surface area contributed by atoms with E-state index < -0.39 is 0 Å². The van der Waals surface area contributed by atoms with Crippen LogP contribution < -0.4 is 0 Å². The maximum absolute atomic E-state index is 8.75. The Morgan fingerprint density at radius 1 is 1.42 bits per heavy atom. The first kappa shape index (κ1) is 9.54. The van der Waals surface area contributed by atoms with Crippen molar-refractivity contribution in [1.29, 1.82) is 5.26 Å². The summed E-state index contributed by atoms with van der Waals surface area (Å²) >= 11 is 0. The number of hydrogen-bond acceptors (Lipinski definition) is 2. The van der Waals surface area contributed by atoms with Crippen LogP contribution in [0.4, 0.5) is 0 Å². The molecule has 0 bridgehead atoms. The molecular formula is C10H18N2. The first-order valence-electron chi connectivity index (χ1n) is 4.78. The minimum atomic E-state index is 0.0972. The monoisotopic (exact) mass is 166 g/mol. The molecule has 2 nitrogen and oxygen atoms in total. The summed E-state index contributed by atoms with van der Waals surface area (Å²) in [6.07, 6.45) is 1.24. The fourth-order valence-electron chi connectivity index (χ4n) is 1.73. The molecule has 12 heavy (non-hydrogen) atoms. The van der Waals surface area contributed by atoms with Crippen molar-refractivity contribution in [1.82, 2.24) is 4.90 Å². The Bertz CT molecular complexity index is 183. The maximum atomic E-state index is 8.75. The van der Waals surface area contributed by atoms with Gasteiger partial charge in [-0.1, -0.05) is 13.8 Å². The Kier molecular flexibility index (Phi) is 3.11. The highest BCUT2D eigenvalue weighted by Crippen LogP contribution is 2.23. The standard InChI is InChI=1S/C10H18N2/c1-8-4-5-12(7-9(8)2)10(3)6-11/h8-10H,4-5,7H2,1-3H3. The first-order chi connectivity index (χ1) is 5.65. The Hall–Kier alpha value is -0.550. The summed E-state index contributed by atoms with van der Waals surface area (Å²) in [6, 6.07) is 2.39. The highest BCUT2D eigenvalue weighted by Gasteiger charge is 2.25. The van der Waals surface area contributed by atoms with Crippen LogP contribution in [-0.4, -0.2) is 24.0 Å². The Labute approximate surface area is 75.2 Å². The van der Waals surface area contributed by atoms with Crippen molar-refractivity contribution in [2.75, 3.05) is 13.1 Å². The van der Waals surface area contributed by atoms with Crippen molar-refractivity contribution >= 4 is 0 Å². The molecule has 1 fully saturated rings. The van der Waals surface area contributed by atoms with Crippen molar-refractivity contribution < 1.29 is 0 Å². The van der Waals surface area contributed by atoms with E-state index in [1.807, 2.05) is 6.92 Å². The van der Waals surface area contributed by atoms with E-state index in [2.05, 4.69) is 24.8 Å². The zero-order valence-corrected chi connectivity index (χ0v) is 8.25. The van der Waals surface area contributed by atoms with E-state index in [0.29, 0.717) is 0 Å². The molecule has 1 heterocycles. The van der Waals surface area contributed by atoms with Gasteiger partial charge in [0.05, 0.1) is 12.1 Å². The van der Waals surface area contributed by atoms with Crippen LogP contribution in [-0.2, 0) is 0 Å². The van der Waals surface area contributed by atoms with Crippen LogP contribution in [0.5, 0.6) is 0 Å². The van der Waals surface area contributed by atoms with Gasteiger partial charge < -0.3 is 0 Å². The SMILES string of the molecule is CC1CCN(C(C)C#N)CC1C. The molecule has 0 aromatic rings. The number of likely N-dealkylation sites (tertiary alicyclic amines) is 1. The van der Waals surface area contributed by atoms with Crippen LogP contribution in [0.2, 0.25) is 0 Å². The average molecular weight is 166 g/mol. The summed E-state index contributed by atoms with van der Waals surface area (Å²) in [7, 11) is 0. The van der Waals surface area contributed by atoms with Crippen LogP contribution in [0.1, 0.15) is 27.2 Å².